The molecule has 0 unspecified atom stereocenters. The molecule has 0 aliphatic carbocycles. The lowest BCUT2D eigenvalue weighted by molar-refractivity contribution is -0.111. The van der Waals surface area contributed by atoms with Gasteiger partial charge in [-0.25, -0.2) is 0 Å². The third-order valence-corrected chi connectivity index (χ3v) is 1.43. The Hall–Kier alpha value is -0.160. The van der Waals surface area contributed by atoms with Crippen LogP contribution in [0.5, 0.6) is 0 Å². The first-order valence-electron chi connectivity index (χ1n) is 3.62. The third-order valence-electron chi connectivity index (χ3n) is 1.43. The average Bonchev–Trinajstić information content (AvgIpc) is 1.98. The van der Waals surface area contributed by atoms with E-state index in [4.69, 9.17) is 19.7 Å². The van der Waals surface area contributed by atoms with Gasteiger partial charge in [-0.15, -0.1) is 0 Å². The Bertz CT molecular complexity index is 80.5. The Labute approximate surface area is 66.7 Å². The first-order valence-corrected chi connectivity index (χ1v) is 3.62. The molecule has 4 nitrogen and oxygen atoms in total. The molecule has 0 aliphatic rings. The van der Waals surface area contributed by atoms with Gasteiger partial charge in [0.2, 0.25) is 0 Å². The summed E-state index contributed by atoms with van der Waals surface area (Å²) in [4.78, 5) is 0. The maximum atomic E-state index is 8.48. The molecule has 0 aromatic rings. The highest BCUT2D eigenvalue weighted by atomic mass is 16.7. The first kappa shape index (κ1) is 10.8. The maximum absolute atomic E-state index is 8.48. The third kappa shape index (κ3) is 6.25. The van der Waals surface area contributed by atoms with Gasteiger partial charge < -0.3 is 19.7 Å². The van der Waals surface area contributed by atoms with Crippen molar-refractivity contribution >= 4 is 0 Å². The summed E-state index contributed by atoms with van der Waals surface area (Å²) in [6.45, 7) is 0. The molecule has 0 spiro atoms. The fourth-order valence-electron chi connectivity index (χ4n) is 0.799. The minimum atomic E-state index is -1.22. The molecular formula is C7H16O4. The van der Waals surface area contributed by atoms with Gasteiger partial charge in [0.15, 0.2) is 12.6 Å². The molecule has 0 aromatic carbocycles. The number of methoxy groups -OCH3 is 2. The second-order valence-electron chi connectivity index (χ2n) is 2.31. The van der Waals surface area contributed by atoms with Crippen molar-refractivity contribution in [2.75, 3.05) is 14.2 Å². The number of rotatable bonds is 6. The number of hydrogen-bond acceptors (Lipinski definition) is 4. The molecule has 0 amide bonds. The van der Waals surface area contributed by atoms with E-state index in [1.54, 1.807) is 14.2 Å². The minimum absolute atomic E-state index is 0.228. The molecule has 0 atom stereocenters. The zero-order valence-corrected chi connectivity index (χ0v) is 6.99. The molecule has 68 valence electrons. The Kier molecular flexibility index (Phi) is 6.45. The molecule has 0 fully saturated rings. The Morgan fingerprint density at radius 2 is 1.64 bits per heavy atom. The largest absolute Gasteiger partial charge is 0.368 e. The predicted octanol–water partition coefficient (Wildman–Crippen LogP) is 0.0863. The van der Waals surface area contributed by atoms with Gasteiger partial charge in [-0.1, -0.05) is 0 Å². The topological polar surface area (TPSA) is 58.9 Å². The second kappa shape index (κ2) is 6.54. The van der Waals surface area contributed by atoms with Crippen molar-refractivity contribution in [2.45, 2.75) is 31.8 Å². The summed E-state index contributed by atoms with van der Waals surface area (Å²) in [6.07, 6.45) is 0.288. The van der Waals surface area contributed by atoms with E-state index in [0.29, 0.717) is 19.3 Å². The molecule has 0 aliphatic heterocycles. The molecule has 0 rings (SSSR count). The smallest absolute Gasteiger partial charge is 0.156 e. The van der Waals surface area contributed by atoms with E-state index in [2.05, 4.69) is 0 Å². The van der Waals surface area contributed by atoms with Crippen LogP contribution in [0, 0.1) is 0 Å². The maximum Gasteiger partial charge on any atom is 0.156 e. The Morgan fingerprint density at radius 3 is 2.00 bits per heavy atom. The van der Waals surface area contributed by atoms with Crippen molar-refractivity contribution in [3.63, 3.8) is 0 Å². The SMILES string of the molecule is COC(CCCC(O)O)OC. The van der Waals surface area contributed by atoms with Gasteiger partial charge in [-0.05, 0) is 19.3 Å². The highest BCUT2D eigenvalue weighted by Crippen LogP contribution is 2.05. The zero-order valence-electron chi connectivity index (χ0n) is 6.99. The van der Waals surface area contributed by atoms with Crippen LogP contribution in [0.4, 0.5) is 0 Å². The van der Waals surface area contributed by atoms with Crippen LogP contribution < -0.4 is 0 Å². The Balaban J connectivity index is 3.21. The fourth-order valence-corrected chi connectivity index (χ4v) is 0.799. The highest BCUT2D eigenvalue weighted by Gasteiger charge is 2.05. The molecule has 0 saturated heterocycles. The quantitative estimate of drug-likeness (QED) is 0.546. The molecule has 0 saturated carbocycles. The molecule has 0 bridgehead atoms. The van der Waals surface area contributed by atoms with Crippen molar-refractivity contribution in [1.82, 2.24) is 0 Å². The number of aliphatic hydroxyl groups excluding tert-OH is 1. The average molecular weight is 164 g/mol. The van der Waals surface area contributed by atoms with Gasteiger partial charge >= 0.3 is 0 Å². The van der Waals surface area contributed by atoms with Crippen LogP contribution in [0.25, 0.3) is 0 Å². The van der Waals surface area contributed by atoms with E-state index >= 15 is 0 Å². The van der Waals surface area contributed by atoms with Crippen molar-refractivity contribution in [1.29, 1.82) is 0 Å². The van der Waals surface area contributed by atoms with Crippen LogP contribution in [-0.2, 0) is 9.47 Å². The summed E-state index contributed by atoms with van der Waals surface area (Å²) in [5, 5.41) is 17.0. The monoisotopic (exact) mass is 164 g/mol. The summed E-state index contributed by atoms with van der Waals surface area (Å²) in [5.74, 6) is 0. The van der Waals surface area contributed by atoms with Crippen molar-refractivity contribution in [2.24, 2.45) is 0 Å². The second-order valence-corrected chi connectivity index (χ2v) is 2.31. The van der Waals surface area contributed by atoms with E-state index in [9.17, 15) is 0 Å². The van der Waals surface area contributed by atoms with Gasteiger partial charge in [0, 0.05) is 14.2 Å². The molecule has 0 heterocycles. The molecule has 2 N–H and O–H groups in total. The van der Waals surface area contributed by atoms with Gasteiger partial charge in [0.25, 0.3) is 0 Å². The van der Waals surface area contributed by atoms with Crippen molar-refractivity contribution in [3.05, 3.63) is 0 Å². The van der Waals surface area contributed by atoms with Crippen molar-refractivity contribution in [3.8, 4) is 0 Å². The number of aliphatic hydroxyl groups is 2. The van der Waals surface area contributed by atoms with E-state index in [1.807, 2.05) is 0 Å². The molecule has 0 radical (unpaired) electrons. The van der Waals surface area contributed by atoms with E-state index in [1.165, 1.54) is 0 Å². The summed E-state index contributed by atoms with van der Waals surface area (Å²) in [6, 6.07) is 0. The predicted molar refractivity (Wildman–Crippen MR) is 39.9 cm³/mol. The minimum Gasteiger partial charge on any atom is -0.368 e. The molecule has 11 heavy (non-hydrogen) atoms. The zero-order chi connectivity index (χ0) is 8.69. The Morgan fingerprint density at radius 1 is 1.09 bits per heavy atom. The van der Waals surface area contributed by atoms with Crippen LogP contribution in [-0.4, -0.2) is 37.0 Å². The van der Waals surface area contributed by atoms with Gasteiger partial charge in [-0.2, -0.15) is 0 Å². The van der Waals surface area contributed by atoms with Crippen molar-refractivity contribution < 1.29 is 19.7 Å². The fraction of sp³-hybridized carbons (Fsp3) is 1.00. The number of hydrogen-bond donors (Lipinski definition) is 2. The van der Waals surface area contributed by atoms with Gasteiger partial charge in [0.1, 0.15) is 0 Å². The normalized spacial score (nSPS) is 11.5. The lowest BCUT2D eigenvalue weighted by Gasteiger charge is -2.12. The van der Waals surface area contributed by atoms with Crippen LogP contribution in [0.15, 0.2) is 0 Å². The lowest BCUT2D eigenvalue weighted by Crippen LogP contribution is -2.14. The lowest BCUT2D eigenvalue weighted by atomic mass is 10.2. The van der Waals surface area contributed by atoms with E-state index < -0.39 is 6.29 Å². The molecule has 4 heteroatoms. The number of ether oxygens (including phenoxy) is 2. The van der Waals surface area contributed by atoms with E-state index in [0.717, 1.165) is 0 Å². The summed E-state index contributed by atoms with van der Waals surface area (Å²) < 4.78 is 9.79. The summed E-state index contributed by atoms with van der Waals surface area (Å²) >= 11 is 0. The summed E-state index contributed by atoms with van der Waals surface area (Å²) in [5.41, 5.74) is 0. The van der Waals surface area contributed by atoms with Crippen LogP contribution in [0.1, 0.15) is 19.3 Å². The van der Waals surface area contributed by atoms with Gasteiger partial charge in [0.05, 0.1) is 0 Å². The molecular weight excluding hydrogens is 148 g/mol. The highest BCUT2D eigenvalue weighted by molar-refractivity contribution is 4.46. The van der Waals surface area contributed by atoms with Gasteiger partial charge in [-0.3, -0.25) is 0 Å². The van der Waals surface area contributed by atoms with Crippen LogP contribution in [0.3, 0.4) is 0 Å². The van der Waals surface area contributed by atoms with Crippen LogP contribution >= 0.6 is 0 Å². The standard InChI is InChI=1S/C7H16O4/c1-10-7(11-2)5-3-4-6(8)9/h6-9H,3-5H2,1-2H3. The first-order chi connectivity index (χ1) is 5.20. The molecule has 0 aromatic heterocycles. The summed E-state index contributed by atoms with van der Waals surface area (Å²) in [7, 11) is 3.12. The van der Waals surface area contributed by atoms with Crippen LogP contribution in [0.2, 0.25) is 0 Å². The van der Waals surface area contributed by atoms with E-state index in [-0.39, 0.29) is 6.29 Å².